The highest BCUT2D eigenvalue weighted by atomic mass is 15.0. The fraction of sp³-hybridized carbons (Fsp3) is 0.167. The molecule has 0 aliphatic heterocycles. The average molecular weight is 266 g/mol. The minimum Gasteiger partial charge on any atom is -0.299 e. The molecule has 0 radical (unpaired) electrons. The molecule has 0 unspecified atom stereocenters. The van der Waals surface area contributed by atoms with Gasteiger partial charge in [0, 0.05) is 11.8 Å². The molecule has 20 heavy (non-hydrogen) atoms. The summed E-state index contributed by atoms with van der Waals surface area (Å²) in [5.74, 6) is 0. The molecule has 2 heterocycles. The lowest BCUT2D eigenvalue weighted by Gasteiger charge is -2.03. The van der Waals surface area contributed by atoms with E-state index in [-0.39, 0.29) is 0 Å². The molecular weight excluding hydrogens is 244 g/mol. The first kappa shape index (κ1) is 15.7. The summed E-state index contributed by atoms with van der Waals surface area (Å²) < 4.78 is 2.04. The molecular formula is C18H22N2. The first-order valence-electron chi connectivity index (χ1n) is 6.81. The maximum absolute atomic E-state index is 4.64. The topological polar surface area (TPSA) is 17.3 Å². The molecule has 0 saturated heterocycles. The number of allylic oxidation sites excluding steroid dienone is 1. The van der Waals surface area contributed by atoms with E-state index in [4.69, 9.17) is 0 Å². The van der Waals surface area contributed by atoms with Gasteiger partial charge in [-0.15, -0.1) is 0 Å². The Morgan fingerprint density at radius 2 is 1.85 bits per heavy atom. The highest BCUT2D eigenvalue weighted by Gasteiger charge is 2.06. The third-order valence-corrected chi connectivity index (χ3v) is 2.90. The maximum atomic E-state index is 4.64. The second-order valence-corrected chi connectivity index (χ2v) is 3.86. The molecule has 2 aromatic heterocycles. The number of fused-ring (bicyclic) bond motifs is 1. The zero-order valence-corrected chi connectivity index (χ0v) is 12.6. The number of hydrogen-bond acceptors (Lipinski definition) is 1. The van der Waals surface area contributed by atoms with Crippen LogP contribution >= 0.6 is 0 Å². The van der Waals surface area contributed by atoms with Crippen molar-refractivity contribution in [3.8, 4) is 0 Å². The Morgan fingerprint density at radius 1 is 1.15 bits per heavy atom. The van der Waals surface area contributed by atoms with E-state index in [9.17, 15) is 0 Å². The van der Waals surface area contributed by atoms with E-state index in [2.05, 4.69) is 24.7 Å². The standard InChI is InChI=1S/C16H16N2.C2H6/c1-5-9-15-14(8-4)17-16-13(7-3)12(6-2)10-11-18(15)16;1-2/h5-11H,1-3H2,4H3;1-2H3/b14-8+,15-9+;. The van der Waals surface area contributed by atoms with E-state index in [0.29, 0.717) is 0 Å². The van der Waals surface area contributed by atoms with E-state index in [0.717, 1.165) is 27.5 Å². The summed E-state index contributed by atoms with van der Waals surface area (Å²) in [6, 6.07) is 2.01. The molecule has 0 N–H and O–H groups in total. The normalized spacial score (nSPS) is 11.9. The summed E-state index contributed by atoms with van der Waals surface area (Å²) in [6.45, 7) is 17.4. The fourth-order valence-corrected chi connectivity index (χ4v) is 2.05. The van der Waals surface area contributed by atoms with Crippen molar-refractivity contribution in [1.29, 1.82) is 0 Å². The minimum absolute atomic E-state index is 0.892. The van der Waals surface area contributed by atoms with Crippen LogP contribution < -0.4 is 10.7 Å². The van der Waals surface area contributed by atoms with Crippen LogP contribution in [0.1, 0.15) is 31.9 Å². The molecule has 0 aliphatic carbocycles. The number of hydrogen-bond donors (Lipinski definition) is 0. The summed E-state index contributed by atoms with van der Waals surface area (Å²) in [6.07, 6.45) is 11.3. The van der Waals surface area contributed by atoms with Crippen LogP contribution in [0.5, 0.6) is 0 Å². The molecule has 0 aliphatic rings. The Hall–Kier alpha value is -2.35. The molecule has 0 saturated carbocycles. The van der Waals surface area contributed by atoms with E-state index < -0.39 is 0 Å². The van der Waals surface area contributed by atoms with Gasteiger partial charge in [-0.25, -0.2) is 4.98 Å². The molecule has 104 valence electrons. The van der Waals surface area contributed by atoms with Crippen molar-refractivity contribution in [2.75, 3.05) is 0 Å². The number of nitrogens with zero attached hydrogens (tertiary/aromatic N) is 2. The fourth-order valence-electron chi connectivity index (χ4n) is 2.05. The van der Waals surface area contributed by atoms with Crippen molar-refractivity contribution in [3.63, 3.8) is 0 Å². The minimum atomic E-state index is 0.892. The summed E-state index contributed by atoms with van der Waals surface area (Å²) in [4.78, 5) is 4.64. The van der Waals surface area contributed by atoms with Gasteiger partial charge in [0.2, 0.25) is 0 Å². The van der Waals surface area contributed by atoms with Gasteiger partial charge in [-0.3, -0.25) is 4.40 Å². The zero-order chi connectivity index (χ0) is 15.1. The SMILES string of the molecule is C=C/C=c1\c(=C/C)nc2c(C=C)c(C=C)ccn12.CC. The van der Waals surface area contributed by atoms with E-state index in [1.807, 2.05) is 61.7 Å². The lowest BCUT2D eigenvalue weighted by atomic mass is 10.1. The van der Waals surface area contributed by atoms with Crippen LogP contribution in [-0.2, 0) is 0 Å². The number of pyridine rings is 1. The van der Waals surface area contributed by atoms with Crippen LogP contribution in [0.2, 0.25) is 0 Å². The van der Waals surface area contributed by atoms with Gasteiger partial charge >= 0.3 is 0 Å². The van der Waals surface area contributed by atoms with Crippen LogP contribution in [0.15, 0.2) is 38.1 Å². The zero-order valence-electron chi connectivity index (χ0n) is 12.6. The average Bonchev–Trinajstić information content (AvgIpc) is 2.86. The third-order valence-electron chi connectivity index (χ3n) is 2.90. The lowest BCUT2D eigenvalue weighted by molar-refractivity contribution is 1.13. The Labute approximate surface area is 120 Å². The first-order chi connectivity index (χ1) is 9.76. The number of imidazole rings is 1. The maximum Gasteiger partial charge on any atom is 0.145 e. The van der Waals surface area contributed by atoms with Gasteiger partial charge in [-0.05, 0) is 24.6 Å². The molecule has 2 aromatic rings. The van der Waals surface area contributed by atoms with Gasteiger partial charge in [0.1, 0.15) is 5.65 Å². The Bertz CT molecular complexity index is 746. The second kappa shape index (κ2) is 7.29. The lowest BCUT2D eigenvalue weighted by Crippen LogP contribution is -2.26. The van der Waals surface area contributed by atoms with Crippen LogP contribution in [0, 0.1) is 0 Å². The number of aromatic nitrogens is 2. The predicted molar refractivity (Wildman–Crippen MR) is 90.8 cm³/mol. The third kappa shape index (κ3) is 2.64. The molecule has 0 amide bonds. The van der Waals surface area contributed by atoms with Gasteiger partial charge in [0.25, 0.3) is 0 Å². The van der Waals surface area contributed by atoms with Gasteiger partial charge in [-0.1, -0.05) is 57.9 Å². The van der Waals surface area contributed by atoms with Gasteiger partial charge in [-0.2, -0.15) is 0 Å². The number of rotatable bonds is 3. The Kier molecular flexibility index (Phi) is 5.73. The van der Waals surface area contributed by atoms with Crippen molar-refractivity contribution < 1.29 is 0 Å². The molecule has 0 fully saturated rings. The monoisotopic (exact) mass is 266 g/mol. The van der Waals surface area contributed by atoms with E-state index in [1.165, 1.54) is 0 Å². The van der Waals surface area contributed by atoms with E-state index >= 15 is 0 Å². The predicted octanol–water partition coefficient (Wildman–Crippen LogP) is 3.41. The molecule has 0 spiro atoms. The Morgan fingerprint density at radius 3 is 2.35 bits per heavy atom. The van der Waals surface area contributed by atoms with Crippen LogP contribution in [-0.4, -0.2) is 9.38 Å². The molecule has 2 heteroatoms. The second-order valence-electron chi connectivity index (χ2n) is 3.86. The highest BCUT2D eigenvalue weighted by molar-refractivity contribution is 5.74. The summed E-state index contributed by atoms with van der Waals surface area (Å²) >= 11 is 0. The van der Waals surface area contributed by atoms with Gasteiger partial charge < -0.3 is 0 Å². The van der Waals surface area contributed by atoms with Crippen molar-refractivity contribution in [2.24, 2.45) is 0 Å². The van der Waals surface area contributed by atoms with Crippen molar-refractivity contribution in [2.45, 2.75) is 20.8 Å². The summed E-state index contributed by atoms with van der Waals surface area (Å²) in [5, 5.41) is 1.97. The highest BCUT2D eigenvalue weighted by Crippen LogP contribution is 2.15. The van der Waals surface area contributed by atoms with Crippen molar-refractivity contribution in [3.05, 3.63) is 59.9 Å². The van der Waals surface area contributed by atoms with Crippen LogP contribution in [0.3, 0.4) is 0 Å². The van der Waals surface area contributed by atoms with E-state index in [1.54, 1.807) is 6.08 Å². The van der Waals surface area contributed by atoms with Crippen LogP contribution in [0.4, 0.5) is 0 Å². The molecule has 2 nitrogen and oxygen atoms in total. The largest absolute Gasteiger partial charge is 0.299 e. The Balaban J connectivity index is 0.000000956. The summed E-state index contributed by atoms with van der Waals surface area (Å²) in [7, 11) is 0. The quantitative estimate of drug-likeness (QED) is 0.832. The smallest absolute Gasteiger partial charge is 0.145 e. The molecule has 0 aromatic carbocycles. The van der Waals surface area contributed by atoms with Crippen molar-refractivity contribution in [1.82, 2.24) is 9.38 Å². The summed E-state index contributed by atoms with van der Waals surface area (Å²) in [5.41, 5.74) is 2.93. The molecule has 0 bridgehead atoms. The van der Waals surface area contributed by atoms with Gasteiger partial charge in [0.05, 0.1) is 10.7 Å². The van der Waals surface area contributed by atoms with Gasteiger partial charge in [0.15, 0.2) is 0 Å². The molecule has 0 atom stereocenters. The van der Waals surface area contributed by atoms with Crippen LogP contribution in [0.25, 0.3) is 30.0 Å². The molecule has 2 rings (SSSR count). The van der Waals surface area contributed by atoms with Crippen molar-refractivity contribution >= 4 is 30.0 Å². The first-order valence-corrected chi connectivity index (χ1v) is 6.81.